The molecule has 1 N–H and O–H groups in total. The highest BCUT2D eigenvalue weighted by Crippen LogP contribution is 2.39. The molecule has 0 aliphatic heterocycles. The minimum Gasteiger partial charge on any atom is -0.390 e. The lowest BCUT2D eigenvalue weighted by Crippen LogP contribution is -2.35. The summed E-state index contributed by atoms with van der Waals surface area (Å²) >= 11 is 0. The molecule has 0 fully saturated rings. The van der Waals surface area contributed by atoms with Gasteiger partial charge in [-0.05, 0) is 57.8 Å². The summed E-state index contributed by atoms with van der Waals surface area (Å²) in [5.74, 6) is 0. The third-order valence-corrected chi connectivity index (χ3v) is 3.12. The molecule has 116 valence electrons. The van der Waals surface area contributed by atoms with Gasteiger partial charge in [-0.25, -0.2) is 0 Å². The van der Waals surface area contributed by atoms with Crippen molar-refractivity contribution in [3.05, 3.63) is 0 Å². The lowest BCUT2D eigenvalue weighted by Gasteiger charge is -2.39. The van der Waals surface area contributed by atoms with Gasteiger partial charge >= 0.3 is 0 Å². The first kappa shape index (κ1) is 18.9. The first-order chi connectivity index (χ1) is 8.12. The fourth-order valence-electron chi connectivity index (χ4n) is 3.28. The van der Waals surface area contributed by atoms with E-state index in [-0.39, 0.29) is 11.0 Å². The van der Waals surface area contributed by atoms with Crippen molar-refractivity contribution in [1.29, 1.82) is 0 Å². The normalized spacial score (nSPS) is 14.8. The lowest BCUT2D eigenvalue weighted by atomic mass is 9.71. The van der Waals surface area contributed by atoms with E-state index >= 15 is 0 Å². The number of ether oxygens (including phenoxy) is 1. The summed E-state index contributed by atoms with van der Waals surface area (Å²) in [6, 6.07) is 0. The summed E-state index contributed by atoms with van der Waals surface area (Å²) in [6.45, 7) is 20.1. The van der Waals surface area contributed by atoms with E-state index in [9.17, 15) is 5.11 Å². The molecule has 0 amide bonds. The van der Waals surface area contributed by atoms with Gasteiger partial charge in [-0.1, -0.05) is 34.6 Å². The van der Waals surface area contributed by atoms with Gasteiger partial charge in [-0.15, -0.1) is 0 Å². The average Bonchev–Trinajstić information content (AvgIpc) is 1.90. The van der Waals surface area contributed by atoms with Crippen LogP contribution in [-0.2, 0) is 4.74 Å². The van der Waals surface area contributed by atoms with E-state index in [4.69, 9.17) is 4.74 Å². The molecule has 0 spiro atoms. The molecule has 0 aromatic heterocycles. The second-order valence-corrected chi connectivity index (χ2v) is 9.25. The summed E-state index contributed by atoms with van der Waals surface area (Å²) in [5, 5.41) is 9.72. The minimum atomic E-state index is -0.642. The molecule has 19 heavy (non-hydrogen) atoms. The van der Waals surface area contributed by atoms with E-state index in [0.717, 1.165) is 6.42 Å². The van der Waals surface area contributed by atoms with Crippen LogP contribution in [0.1, 0.15) is 81.6 Å². The molecule has 0 bridgehead atoms. The quantitative estimate of drug-likeness (QED) is 0.721. The molecule has 0 rings (SSSR count). The van der Waals surface area contributed by atoms with Crippen molar-refractivity contribution in [1.82, 2.24) is 0 Å². The predicted octanol–water partition coefficient (Wildman–Crippen LogP) is 4.80. The zero-order chi connectivity index (χ0) is 15.5. The highest BCUT2D eigenvalue weighted by molar-refractivity contribution is 4.84. The fourth-order valence-corrected chi connectivity index (χ4v) is 3.28. The van der Waals surface area contributed by atoms with Gasteiger partial charge in [0.25, 0.3) is 0 Å². The molecule has 0 heterocycles. The average molecular weight is 272 g/mol. The molecule has 0 atom stereocenters. The zero-order valence-electron chi connectivity index (χ0n) is 14.7. The molecule has 0 aliphatic rings. The lowest BCUT2D eigenvalue weighted by molar-refractivity contribution is -0.0698. The summed E-state index contributed by atoms with van der Waals surface area (Å²) in [6.07, 6.45) is 2.89. The Labute approximate surface area is 120 Å². The first-order valence-corrected chi connectivity index (χ1v) is 7.48. The molecular formula is C17H36O2. The van der Waals surface area contributed by atoms with Crippen molar-refractivity contribution in [2.45, 2.75) is 92.8 Å². The van der Waals surface area contributed by atoms with Crippen LogP contribution in [0.25, 0.3) is 0 Å². The maximum atomic E-state index is 9.72. The summed E-state index contributed by atoms with van der Waals surface area (Å²) in [7, 11) is 0. The van der Waals surface area contributed by atoms with Crippen molar-refractivity contribution in [2.24, 2.45) is 10.8 Å². The van der Waals surface area contributed by atoms with Crippen LogP contribution in [0.15, 0.2) is 0 Å². The van der Waals surface area contributed by atoms with Crippen LogP contribution >= 0.6 is 0 Å². The third-order valence-electron chi connectivity index (χ3n) is 3.12. The molecule has 0 saturated heterocycles. The number of aliphatic hydroxyl groups is 1. The fraction of sp³-hybridized carbons (Fsp3) is 1.00. The van der Waals surface area contributed by atoms with Gasteiger partial charge in [-0.2, -0.15) is 0 Å². The van der Waals surface area contributed by atoms with Crippen LogP contribution in [0, 0.1) is 10.8 Å². The Hall–Kier alpha value is -0.0800. The Morgan fingerprint density at radius 3 is 1.63 bits per heavy atom. The molecule has 2 nitrogen and oxygen atoms in total. The second kappa shape index (κ2) is 6.13. The van der Waals surface area contributed by atoms with Gasteiger partial charge in [0.2, 0.25) is 0 Å². The van der Waals surface area contributed by atoms with Crippen molar-refractivity contribution >= 4 is 0 Å². The Kier molecular flexibility index (Phi) is 6.11. The van der Waals surface area contributed by atoms with E-state index in [2.05, 4.69) is 48.5 Å². The molecule has 0 saturated carbocycles. The van der Waals surface area contributed by atoms with Gasteiger partial charge < -0.3 is 9.84 Å². The Morgan fingerprint density at radius 2 is 1.26 bits per heavy atom. The summed E-state index contributed by atoms with van der Waals surface area (Å²) < 4.78 is 6.00. The Bertz CT molecular complexity index is 264. The standard InChI is InChI=1S/C17H36O2/c1-14(2,3)12-15(4,5)13-17(8,9)19-11-10-16(6,7)18/h18H,10-13H2,1-9H3. The number of hydrogen-bond donors (Lipinski definition) is 1. The van der Waals surface area contributed by atoms with Gasteiger partial charge in [0.15, 0.2) is 0 Å². The molecule has 0 aromatic rings. The number of hydrogen-bond acceptors (Lipinski definition) is 2. The van der Waals surface area contributed by atoms with Gasteiger partial charge in [0.1, 0.15) is 0 Å². The van der Waals surface area contributed by atoms with E-state index in [1.165, 1.54) is 6.42 Å². The maximum Gasteiger partial charge on any atom is 0.0631 e. The maximum absolute atomic E-state index is 9.72. The molecule has 0 aliphatic carbocycles. The van der Waals surface area contributed by atoms with Crippen LogP contribution in [-0.4, -0.2) is 22.9 Å². The van der Waals surface area contributed by atoms with Gasteiger partial charge in [0, 0.05) is 0 Å². The van der Waals surface area contributed by atoms with E-state index in [1.54, 1.807) is 0 Å². The molecule has 0 unspecified atom stereocenters. The van der Waals surface area contributed by atoms with Crippen LogP contribution in [0.5, 0.6) is 0 Å². The van der Waals surface area contributed by atoms with E-state index in [1.807, 2.05) is 13.8 Å². The minimum absolute atomic E-state index is 0.139. The van der Waals surface area contributed by atoms with Crippen LogP contribution in [0.3, 0.4) is 0 Å². The van der Waals surface area contributed by atoms with Gasteiger partial charge in [-0.3, -0.25) is 0 Å². The van der Waals surface area contributed by atoms with Gasteiger partial charge in [0.05, 0.1) is 17.8 Å². The number of rotatable bonds is 7. The summed E-state index contributed by atoms with van der Waals surface area (Å²) in [4.78, 5) is 0. The van der Waals surface area contributed by atoms with Crippen molar-refractivity contribution < 1.29 is 9.84 Å². The van der Waals surface area contributed by atoms with Crippen LogP contribution in [0.2, 0.25) is 0 Å². The smallest absolute Gasteiger partial charge is 0.0631 e. The first-order valence-electron chi connectivity index (χ1n) is 7.48. The van der Waals surface area contributed by atoms with E-state index in [0.29, 0.717) is 18.4 Å². The third kappa shape index (κ3) is 11.4. The van der Waals surface area contributed by atoms with Crippen LogP contribution in [0.4, 0.5) is 0 Å². The SMILES string of the molecule is CC(C)(C)CC(C)(C)CC(C)(C)OCCC(C)(C)O. The Balaban J connectivity index is 4.35. The molecule has 0 radical (unpaired) electrons. The van der Waals surface area contributed by atoms with Crippen molar-refractivity contribution in [3.63, 3.8) is 0 Å². The van der Waals surface area contributed by atoms with Crippen LogP contribution < -0.4 is 0 Å². The highest BCUT2D eigenvalue weighted by Gasteiger charge is 2.33. The monoisotopic (exact) mass is 272 g/mol. The predicted molar refractivity (Wildman–Crippen MR) is 83.4 cm³/mol. The molecule has 2 heteroatoms. The topological polar surface area (TPSA) is 29.5 Å². The zero-order valence-corrected chi connectivity index (χ0v) is 14.7. The molecular weight excluding hydrogens is 236 g/mol. The van der Waals surface area contributed by atoms with E-state index < -0.39 is 5.60 Å². The van der Waals surface area contributed by atoms with Crippen molar-refractivity contribution in [3.8, 4) is 0 Å². The second-order valence-electron chi connectivity index (χ2n) is 9.25. The highest BCUT2D eigenvalue weighted by atomic mass is 16.5. The molecule has 0 aromatic carbocycles. The largest absolute Gasteiger partial charge is 0.390 e. The van der Waals surface area contributed by atoms with Crippen molar-refractivity contribution in [2.75, 3.05) is 6.61 Å². The Morgan fingerprint density at radius 1 is 0.789 bits per heavy atom. The summed E-state index contributed by atoms with van der Waals surface area (Å²) in [5.41, 5.74) is -0.180.